The normalized spacial score (nSPS) is 13.1. The summed E-state index contributed by atoms with van der Waals surface area (Å²) < 4.78 is 39.4. The van der Waals surface area contributed by atoms with Gasteiger partial charge in [0, 0.05) is 6.20 Å². The van der Waals surface area contributed by atoms with Crippen molar-refractivity contribution in [1.29, 1.82) is 0 Å². The van der Waals surface area contributed by atoms with Crippen LogP contribution >= 0.6 is 0 Å². The highest BCUT2D eigenvalue weighted by Gasteiger charge is 2.17. The molecular formula is C14H15FN2O2S. The van der Waals surface area contributed by atoms with E-state index in [-0.39, 0.29) is 11.6 Å². The summed E-state index contributed by atoms with van der Waals surface area (Å²) in [5, 5.41) is 0. The first-order chi connectivity index (χ1) is 9.46. The van der Waals surface area contributed by atoms with Gasteiger partial charge in [0.15, 0.2) is 0 Å². The van der Waals surface area contributed by atoms with E-state index in [9.17, 15) is 12.8 Å². The predicted octanol–water partition coefficient (Wildman–Crippen LogP) is 2.40. The molecule has 0 aliphatic rings. The number of halogens is 1. The Kier molecular flexibility index (Phi) is 4.46. The highest BCUT2D eigenvalue weighted by atomic mass is 32.2. The average Bonchev–Trinajstić information content (AvgIpc) is 2.41. The number of sulfonamides is 1. The van der Waals surface area contributed by atoms with E-state index in [0.29, 0.717) is 11.3 Å². The number of rotatable bonds is 5. The molecule has 0 radical (unpaired) electrons. The van der Waals surface area contributed by atoms with E-state index in [1.54, 1.807) is 31.3 Å². The number of nitrogens with one attached hydrogen (secondary N) is 1. The smallest absolute Gasteiger partial charge is 0.216 e. The van der Waals surface area contributed by atoms with Crippen LogP contribution in [0, 0.1) is 5.82 Å². The van der Waals surface area contributed by atoms with Crippen LogP contribution in [-0.4, -0.2) is 13.4 Å². The summed E-state index contributed by atoms with van der Waals surface area (Å²) in [7, 11) is -3.51. The largest absolute Gasteiger partial charge is 0.260 e. The lowest BCUT2D eigenvalue weighted by Crippen LogP contribution is -2.28. The van der Waals surface area contributed by atoms with Crippen molar-refractivity contribution in [3.05, 3.63) is 65.7 Å². The summed E-state index contributed by atoms with van der Waals surface area (Å²) in [6.45, 7) is 1.73. The van der Waals surface area contributed by atoms with Crippen LogP contribution < -0.4 is 4.72 Å². The zero-order chi connectivity index (χ0) is 14.6. The monoisotopic (exact) mass is 294 g/mol. The van der Waals surface area contributed by atoms with E-state index in [2.05, 4.69) is 9.71 Å². The molecule has 0 amide bonds. The lowest BCUT2D eigenvalue weighted by atomic mass is 10.2. The van der Waals surface area contributed by atoms with Crippen LogP contribution in [0.3, 0.4) is 0 Å². The van der Waals surface area contributed by atoms with Gasteiger partial charge in [0.25, 0.3) is 0 Å². The van der Waals surface area contributed by atoms with Crippen LogP contribution in [0.4, 0.5) is 4.39 Å². The molecule has 0 saturated carbocycles. The molecule has 0 fully saturated rings. The number of benzene rings is 1. The molecule has 20 heavy (non-hydrogen) atoms. The predicted molar refractivity (Wildman–Crippen MR) is 74.8 cm³/mol. The Morgan fingerprint density at radius 3 is 2.50 bits per heavy atom. The minimum atomic E-state index is -3.51. The fourth-order valence-electron chi connectivity index (χ4n) is 1.80. The van der Waals surface area contributed by atoms with Crippen molar-refractivity contribution in [3.63, 3.8) is 0 Å². The van der Waals surface area contributed by atoms with Gasteiger partial charge in [-0.05, 0) is 36.8 Å². The number of aromatic nitrogens is 1. The van der Waals surface area contributed by atoms with E-state index >= 15 is 0 Å². The van der Waals surface area contributed by atoms with E-state index in [1.165, 1.54) is 24.3 Å². The van der Waals surface area contributed by atoms with Crippen LogP contribution in [0.25, 0.3) is 0 Å². The molecule has 0 saturated heterocycles. The molecule has 1 N–H and O–H groups in total. The number of hydrogen-bond donors (Lipinski definition) is 1. The summed E-state index contributed by atoms with van der Waals surface area (Å²) in [4.78, 5) is 4.10. The van der Waals surface area contributed by atoms with Crippen LogP contribution in [0.2, 0.25) is 0 Å². The van der Waals surface area contributed by atoms with Crippen molar-refractivity contribution >= 4 is 10.0 Å². The second-order valence-electron chi connectivity index (χ2n) is 4.48. The minimum absolute atomic E-state index is 0.190. The topological polar surface area (TPSA) is 59.1 Å². The Bertz CT molecular complexity index is 657. The third-order valence-corrected chi connectivity index (χ3v) is 4.18. The van der Waals surface area contributed by atoms with Gasteiger partial charge in [-0.15, -0.1) is 0 Å². The summed E-state index contributed by atoms with van der Waals surface area (Å²) in [6.07, 6.45) is 1.61. The molecule has 1 aromatic heterocycles. The SMILES string of the molecule is CC(NS(=O)(=O)Cc1ccc(F)cc1)c1ccccn1. The number of nitrogens with zero attached hydrogens (tertiary/aromatic N) is 1. The Hall–Kier alpha value is -1.79. The van der Waals surface area contributed by atoms with Crippen molar-refractivity contribution in [1.82, 2.24) is 9.71 Å². The molecule has 0 aliphatic carbocycles. The van der Waals surface area contributed by atoms with Gasteiger partial charge in [0.2, 0.25) is 10.0 Å². The molecule has 0 aliphatic heterocycles. The number of hydrogen-bond acceptors (Lipinski definition) is 3. The second kappa shape index (κ2) is 6.11. The maximum absolute atomic E-state index is 12.8. The third-order valence-electron chi connectivity index (χ3n) is 2.76. The van der Waals surface area contributed by atoms with Gasteiger partial charge in [-0.2, -0.15) is 0 Å². The first-order valence-electron chi connectivity index (χ1n) is 6.12. The Morgan fingerprint density at radius 2 is 1.90 bits per heavy atom. The molecule has 4 nitrogen and oxygen atoms in total. The molecule has 0 bridgehead atoms. The summed E-state index contributed by atoms with van der Waals surface area (Å²) in [5.41, 5.74) is 1.18. The fraction of sp³-hybridized carbons (Fsp3) is 0.214. The quantitative estimate of drug-likeness (QED) is 0.921. The van der Waals surface area contributed by atoms with Gasteiger partial charge in [0.05, 0.1) is 17.5 Å². The minimum Gasteiger partial charge on any atom is -0.260 e. The highest BCUT2D eigenvalue weighted by Crippen LogP contribution is 2.12. The number of pyridine rings is 1. The van der Waals surface area contributed by atoms with Crippen LogP contribution in [0.5, 0.6) is 0 Å². The first-order valence-corrected chi connectivity index (χ1v) is 7.77. The van der Waals surface area contributed by atoms with Gasteiger partial charge in [-0.1, -0.05) is 18.2 Å². The summed E-state index contributed by atoms with van der Waals surface area (Å²) in [5.74, 6) is -0.578. The summed E-state index contributed by atoms with van der Waals surface area (Å²) >= 11 is 0. The van der Waals surface area contributed by atoms with Crippen molar-refractivity contribution in [2.24, 2.45) is 0 Å². The maximum atomic E-state index is 12.8. The average molecular weight is 294 g/mol. The second-order valence-corrected chi connectivity index (χ2v) is 6.23. The van der Waals surface area contributed by atoms with Crippen LogP contribution in [-0.2, 0) is 15.8 Å². The van der Waals surface area contributed by atoms with Crippen molar-refractivity contribution in [3.8, 4) is 0 Å². The molecular weight excluding hydrogens is 279 g/mol. The molecule has 2 aromatic rings. The zero-order valence-corrected chi connectivity index (χ0v) is 11.8. The van der Waals surface area contributed by atoms with E-state index in [0.717, 1.165) is 0 Å². The van der Waals surface area contributed by atoms with Crippen molar-refractivity contribution in [2.45, 2.75) is 18.7 Å². The van der Waals surface area contributed by atoms with Gasteiger partial charge in [0.1, 0.15) is 5.82 Å². The molecule has 1 atom stereocenters. The van der Waals surface area contributed by atoms with E-state index in [1.807, 2.05) is 0 Å². The standard InChI is InChI=1S/C14H15FN2O2S/c1-11(14-4-2-3-9-16-14)17-20(18,19)10-12-5-7-13(15)8-6-12/h2-9,11,17H,10H2,1H3. The lowest BCUT2D eigenvalue weighted by Gasteiger charge is -2.13. The Labute approximate surface area is 117 Å². The van der Waals surface area contributed by atoms with Crippen LogP contribution in [0.1, 0.15) is 24.2 Å². The van der Waals surface area contributed by atoms with E-state index in [4.69, 9.17) is 0 Å². The van der Waals surface area contributed by atoms with Gasteiger partial charge < -0.3 is 0 Å². The van der Waals surface area contributed by atoms with Gasteiger partial charge in [-0.25, -0.2) is 17.5 Å². The van der Waals surface area contributed by atoms with Crippen LogP contribution in [0.15, 0.2) is 48.7 Å². The highest BCUT2D eigenvalue weighted by molar-refractivity contribution is 7.88. The zero-order valence-electron chi connectivity index (χ0n) is 11.0. The molecule has 0 spiro atoms. The molecule has 1 aromatic carbocycles. The van der Waals surface area contributed by atoms with Crippen molar-refractivity contribution in [2.75, 3.05) is 0 Å². The van der Waals surface area contributed by atoms with Gasteiger partial charge >= 0.3 is 0 Å². The molecule has 6 heteroatoms. The van der Waals surface area contributed by atoms with E-state index < -0.39 is 16.1 Å². The molecule has 106 valence electrons. The molecule has 2 rings (SSSR count). The van der Waals surface area contributed by atoms with Crippen molar-refractivity contribution < 1.29 is 12.8 Å². The Balaban J connectivity index is 2.06. The Morgan fingerprint density at radius 1 is 1.20 bits per heavy atom. The first kappa shape index (κ1) is 14.6. The maximum Gasteiger partial charge on any atom is 0.216 e. The third kappa shape index (κ3) is 4.11. The molecule has 1 unspecified atom stereocenters. The molecule has 1 heterocycles. The fourth-order valence-corrected chi connectivity index (χ4v) is 3.18. The summed E-state index contributed by atoms with van der Waals surface area (Å²) in [6, 6.07) is 10.3. The lowest BCUT2D eigenvalue weighted by molar-refractivity contribution is 0.563. The van der Waals surface area contributed by atoms with Gasteiger partial charge in [-0.3, -0.25) is 4.98 Å².